The Bertz CT molecular complexity index is 288. The molecule has 3 heteroatoms. The Morgan fingerprint density at radius 1 is 1.57 bits per heavy atom. The highest BCUT2D eigenvalue weighted by atomic mass is 35.5. The molecular formula is C11H17ClN2. The van der Waals surface area contributed by atoms with Crippen LogP contribution in [0.4, 0.5) is 0 Å². The van der Waals surface area contributed by atoms with Crippen LogP contribution in [0.2, 0.25) is 5.02 Å². The van der Waals surface area contributed by atoms with Gasteiger partial charge in [-0.25, -0.2) is 0 Å². The summed E-state index contributed by atoms with van der Waals surface area (Å²) in [6, 6.07) is 2.30. The molecule has 0 saturated heterocycles. The summed E-state index contributed by atoms with van der Waals surface area (Å²) in [5.41, 5.74) is 1.14. The summed E-state index contributed by atoms with van der Waals surface area (Å²) >= 11 is 6.10. The SMILES string of the molecule is CCC(C)C(NC)c1ccncc1Cl. The van der Waals surface area contributed by atoms with Crippen molar-refractivity contribution < 1.29 is 0 Å². The summed E-state index contributed by atoms with van der Waals surface area (Å²) in [4.78, 5) is 3.99. The molecule has 2 nitrogen and oxygen atoms in total. The number of hydrogen-bond donors (Lipinski definition) is 1. The predicted molar refractivity (Wildman–Crippen MR) is 60.5 cm³/mol. The highest BCUT2D eigenvalue weighted by Gasteiger charge is 2.17. The predicted octanol–water partition coefficient (Wildman–Crippen LogP) is 3.04. The lowest BCUT2D eigenvalue weighted by molar-refractivity contribution is 0.400. The maximum atomic E-state index is 6.10. The van der Waals surface area contributed by atoms with Crippen LogP contribution in [0, 0.1) is 5.92 Å². The van der Waals surface area contributed by atoms with E-state index >= 15 is 0 Å². The van der Waals surface area contributed by atoms with Gasteiger partial charge in [0, 0.05) is 18.4 Å². The lowest BCUT2D eigenvalue weighted by Crippen LogP contribution is -2.23. The normalized spacial score (nSPS) is 15.1. The third kappa shape index (κ3) is 2.46. The molecule has 1 aromatic heterocycles. The number of halogens is 1. The average molecular weight is 213 g/mol. The van der Waals surface area contributed by atoms with Gasteiger partial charge in [0.15, 0.2) is 0 Å². The molecule has 0 fully saturated rings. The monoisotopic (exact) mass is 212 g/mol. The van der Waals surface area contributed by atoms with Crippen LogP contribution >= 0.6 is 11.6 Å². The Balaban J connectivity index is 2.94. The molecule has 0 bridgehead atoms. The molecular weight excluding hydrogens is 196 g/mol. The zero-order valence-electron chi connectivity index (χ0n) is 8.92. The van der Waals surface area contributed by atoms with E-state index in [1.165, 1.54) is 0 Å². The second-order valence-corrected chi connectivity index (χ2v) is 3.96. The van der Waals surface area contributed by atoms with Gasteiger partial charge in [-0.15, -0.1) is 0 Å². The fraction of sp³-hybridized carbons (Fsp3) is 0.545. The molecule has 1 N–H and O–H groups in total. The zero-order chi connectivity index (χ0) is 10.6. The van der Waals surface area contributed by atoms with Gasteiger partial charge < -0.3 is 5.32 Å². The largest absolute Gasteiger partial charge is 0.313 e. The Morgan fingerprint density at radius 2 is 2.29 bits per heavy atom. The molecule has 1 aromatic rings. The van der Waals surface area contributed by atoms with Crippen molar-refractivity contribution >= 4 is 11.6 Å². The number of hydrogen-bond acceptors (Lipinski definition) is 2. The number of rotatable bonds is 4. The lowest BCUT2D eigenvalue weighted by atomic mass is 9.93. The Hall–Kier alpha value is -0.600. The van der Waals surface area contributed by atoms with Crippen LogP contribution in [0.15, 0.2) is 18.5 Å². The van der Waals surface area contributed by atoms with Gasteiger partial charge in [0.25, 0.3) is 0 Å². The van der Waals surface area contributed by atoms with Gasteiger partial charge in [0.05, 0.1) is 5.02 Å². The Kier molecular flexibility index (Phi) is 4.36. The van der Waals surface area contributed by atoms with E-state index in [0.717, 1.165) is 17.0 Å². The van der Waals surface area contributed by atoms with Gasteiger partial charge in [-0.2, -0.15) is 0 Å². The summed E-state index contributed by atoms with van der Waals surface area (Å²) in [6.45, 7) is 4.40. The minimum Gasteiger partial charge on any atom is -0.313 e. The average Bonchev–Trinajstić information content (AvgIpc) is 2.21. The van der Waals surface area contributed by atoms with E-state index in [-0.39, 0.29) is 0 Å². The van der Waals surface area contributed by atoms with E-state index in [2.05, 4.69) is 24.1 Å². The third-order valence-electron chi connectivity index (χ3n) is 2.66. The van der Waals surface area contributed by atoms with Crippen LogP contribution in [0.3, 0.4) is 0 Å². The summed E-state index contributed by atoms with van der Waals surface area (Å²) in [5, 5.41) is 4.04. The maximum absolute atomic E-state index is 6.10. The fourth-order valence-corrected chi connectivity index (χ4v) is 1.86. The van der Waals surface area contributed by atoms with Gasteiger partial charge in [0.1, 0.15) is 0 Å². The van der Waals surface area contributed by atoms with Crippen LogP contribution in [0.5, 0.6) is 0 Å². The van der Waals surface area contributed by atoms with Gasteiger partial charge in [-0.3, -0.25) is 4.98 Å². The highest BCUT2D eigenvalue weighted by Crippen LogP contribution is 2.28. The highest BCUT2D eigenvalue weighted by molar-refractivity contribution is 6.31. The third-order valence-corrected chi connectivity index (χ3v) is 2.98. The van der Waals surface area contributed by atoms with Crippen molar-refractivity contribution in [1.29, 1.82) is 0 Å². The Labute approximate surface area is 90.7 Å². The van der Waals surface area contributed by atoms with Crippen molar-refractivity contribution in [3.8, 4) is 0 Å². The second-order valence-electron chi connectivity index (χ2n) is 3.55. The van der Waals surface area contributed by atoms with E-state index < -0.39 is 0 Å². The molecule has 0 spiro atoms. The lowest BCUT2D eigenvalue weighted by Gasteiger charge is -2.23. The van der Waals surface area contributed by atoms with Crippen molar-refractivity contribution in [2.75, 3.05) is 7.05 Å². The van der Waals surface area contributed by atoms with Gasteiger partial charge in [-0.1, -0.05) is 31.9 Å². The van der Waals surface area contributed by atoms with E-state index in [1.54, 1.807) is 12.4 Å². The van der Waals surface area contributed by atoms with Crippen LogP contribution in [-0.4, -0.2) is 12.0 Å². The zero-order valence-corrected chi connectivity index (χ0v) is 9.67. The molecule has 2 atom stereocenters. The molecule has 2 unspecified atom stereocenters. The molecule has 0 aromatic carbocycles. The molecule has 0 amide bonds. The van der Waals surface area contributed by atoms with Crippen LogP contribution in [0.1, 0.15) is 31.9 Å². The maximum Gasteiger partial charge on any atom is 0.0637 e. The number of nitrogens with zero attached hydrogens (tertiary/aromatic N) is 1. The summed E-state index contributed by atoms with van der Waals surface area (Å²) in [6.07, 6.45) is 4.61. The van der Waals surface area contributed by atoms with Crippen molar-refractivity contribution in [1.82, 2.24) is 10.3 Å². The van der Waals surface area contributed by atoms with E-state index in [4.69, 9.17) is 11.6 Å². The van der Waals surface area contributed by atoms with Crippen LogP contribution < -0.4 is 5.32 Å². The molecule has 0 aliphatic carbocycles. The molecule has 0 aliphatic heterocycles. The molecule has 78 valence electrons. The molecule has 0 saturated carbocycles. The van der Waals surface area contributed by atoms with E-state index in [1.807, 2.05) is 13.1 Å². The van der Waals surface area contributed by atoms with Crippen molar-refractivity contribution in [3.63, 3.8) is 0 Å². The summed E-state index contributed by atoms with van der Waals surface area (Å²) in [5.74, 6) is 0.569. The van der Waals surface area contributed by atoms with E-state index in [9.17, 15) is 0 Å². The van der Waals surface area contributed by atoms with Crippen LogP contribution in [-0.2, 0) is 0 Å². The molecule has 0 radical (unpaired) electrons. The molecule has 14 heavy (non-hydrogen) atoms. The Morgan fingerprint density at radius 3 is 2.79 bits per heavy atom. The summed E-state index contributed by atoms with van der Waals surface area (Å²) < 4.78 is 0. The first-order valence-electron chi connectivity index (χ1n) is 4.97. The van der Waals surface area contributed by atoms with Crippen molar-refractivity contribution in [2.45, 2.75) is 26.3 Å². The quantitative estimate of drug-likeness (QED) is 0.830. The first kappa shape index (κ1) is 11.5. The minimum atomic E-state index is 0.315. The smallest absolute Gasteiger partial charge is 0.0637 e. The minimum absolute atomic E-state index is 0.315. The van der Waals surface area contributed by atoms with Gasteiger partial charge >= 0.3 is 0 Å². The second kappa shape index (κ2) is 5.32. The molecule has 0 aliphatic rings. The van der Waals surface area contributed by atoms with Gasteiger partial charge in [-0.05, 0) is 24.6 Å². The number of nitrogens with one attached hydrogen (secondary N) is 1. The number of aromatic nitrogens is 1. The van der Waals surface area contributed by atoms with Crippen molar-refractivity contribution in [3.05, 3.63) is 29.0 Å². The first-order chi connectivity index (χ1) is 6.70. The molecule has 1 rings (SSSR count). The number of pyridine rings is 1. The van der Waals surface area contributed by atoms with Crippen LogP contribution in [0.25, 0.3) is 0 Å². The fourth-order valence-electron chi connectivity index (χ4n) is 1.62. The topological polar surface area (TPSA) is 24.9 Å². The first-order valence-corrected chi connectivity index (χ1v) is 5.35. The van der Waals surface area contributed by atoms with Gasteiger partial charge in [0.2, 0.25) is 0 Å². The summed E-state index contributed by atoms with van der Waals surface area (Å²) in [7, 11) is 1.97. The van der Waals surface area contributed by atoms with Crippen molar-refractivity contribution in [2.24, 2.45) is 5.92 Å². The van der Waals surface area contributed by atoms with E-state index in [0.29, 0.717) is 12.0 Å². The standard InChI is InChI=1S/C11H17ClN2/c1-4-8(2)11(13-3)9-5-6-14-7-10(9)12/h5-8,11,13H,4H2,1-3H3. The molecule has 1 heterocycles.